The van der Waals surface area contributed by atoms with Gasteiger partial charge in [-0.05, 0) is 30.5 Å². The Bertz CT molecular complexity index is 711. The van der Waals surface area contributed by atoms with Crippen molar-refractivity contribution in [3.8, 4) is 0 Å². The number of hydrogen-bond acceptors (Lipinski definition) is 3. The van der Waals surface area contributed by atoms with E-state index in [1.807, 2.05) is 4.90 Å². The second kappa shape index (κ2) is 9.66. The predicted octanol–water partition coefficient (Wildman–Crippen LogP) is 2.20. The molecule has 152 valence electrons. The fourth-order valence-electron chi connectivity index (χ4n) is 3.99. The smallest absolute Gasteiger partial charge is 0.251 e. The van der Waals surface area contributed by atoms with Gasteiger partial charge in [-0.25, -0.2) is 4.39 Å². The largest absolute Gasteiger partial charge is 0.343 e. The van der Waals surface area contributed by atoms with Crippen molar-refractivity contribution >= 4 is 17.7 Å². The van der Waals surface area contributed by atoms with Crippen LogP contribution < -0.4 is 5.32 Å². The third-order valence-corrected chi connectivity index (χ3v) is 5.71. The molecule has 1 saturated carbocycles. The highest BCUT2D eigenvalue weighted by atomic mass is 19.1. The van der Waals surface area contributed by atoms with Crippen LogP contribution in [0.5, 0.6) is 0 Å². The van der Waals surface area contributed by atoms with Gasteiger partial charge in [0.15, 0.2) is 0 Å². The first-order chi connectivity index (χ1) is 13.5. The van der Waals surface area contributed by atoms with Gasteiger partial charge in [-0.1, -0.05) is 31.7 Å². The van der Waals surface area contributed by atoms with Gasteiger partial charge in [-0.2, -0.15) is 0 Å². The average Bonchev–Trinajstić information content (AvgIpc) is 3.23. The molecule has 2 fully saturated rings. The summed E-state index contributed by atoms with van der Waals surface area (Å²) in [6, 6.07) is 5.35. The van der Waals surface area contributed by atoms with Gasteiger partial charge >= 0.3 is 0 Å². The van der Waals surface area contributed by atoms with Crippen LogP contribution in [0.3, 0.4) is 0 Å². The third-order valence-electron chi connectivity index (χ3n) is 5.71. The molecular weight excluding hydrogens is 361 g/mol. The molecule has 1 aromatic carbocycles. The van der Waals surface area contributed by atoms with Crippen molar-refractivity contribution in [2.45, 2.75) is 38.5 Å². The fraction of sp³-hybridized carbons (Fsp3) is 0.571. The van der Waals surface area contributed by atoms with Gasteiger partial charge in [0.05, 0.1) is 6.54 Å². The molecule has 1 aromatic rings. The van der Waals surface area contributed by atoms with E-state index in [2.05, 4.69) is 5.32 Å². The van der Waals surface area contributed by atoms with Crippen LogP contribution in [0.15, 0.2) is 24.3 Å². The predicted molar refractivity (Wildman–Crippen MR) is 103 cm³/mol. The number of nitrogens with zero attached hydrogens (tertiary/aromatic N) is 2. The number of rotatable bonds is 6. The number of carbonyl (C=O) groups is 3. The molecule has 0 unspecified atom stereocenters. The number of hydrogen-bond donors (Lipinski definition) is 1. The van der Waals surface area contributed by atoms with E-state index in [0.29, 0.717) is 38.5 Å². The monoisotopic (exact) mass is 389 g/mol. The van der Waals surface area contributed by atoms with Crippen LogP contribution in [0.1, 0.15) is 48.9 Å². The molecule has 1 aliphatic carbocycles. The van der Waals surface area contributed by atoms with Crippen LogP contribution in [0.4, 0.5) is 4.39 Å². The van der Waals surface area contributed by atoms with Crippen molar-refractivity contribution in [1.29, 1.82) is 0 Å². The van der Waals surface area contributed by atoms with Gasteiger partial charge in [0.1, 0.15) is 5.82 Å². The van der Waals surface area contributed by atoms with E-state index in [-0.39, 0.29) is 23.9 Å². The van der Waals surface area contributed by atoms with Crippen LogP contribution in [0.2, 0.25) is 0 Å². The summed E-state index contributed by atoms with van der Waals surface area (Å²) in [4.78, 5) is 40.2. The summed E-state index contributed by atoms with van der Waals surface area (Å²) in [5, 5.41) is 2.53. The van der Waals surface area contributed by atoms with E-state index in [9.17, 15) is 18.8 Å². The first-order valence-electron chi connectivity index (χ1n) is 10.1. The Morgan fingerprint density at radius 1 is 1.00 bits per heavy atom. The standard InChI is InChI=1S/C21H28FN3O3/c22-18-7-3-6-17(14-18)21(28)23-15-20(27)25-12-10-24(11-13-25)19(26)9-8-16-4-1-2-5-16/h3,6-7,14,16H,1-2,4-5,8-13,15H2,(H,23,28). The van der Waals surface area contributed by atoms with E-state index >= 15 is 0 Å². The maximum atomic E-state index is 13.2. The molecule has 7 heteroatoms. The van der Waals surface area contributed by atoms with Crippen molar-refractivity contribution in [2.75, 3.05) is 32.7 Å². The van der Waals surface area contributed by atoms with E-state index < -0.39 is 11.7 Å². The maximum Gasteiger partial charge on any atom is 0.251 e. The summed E-state index contributed by atoms with van der Waals surface area (Å²) < 4.78 is 13.2. The van der Waals surface area contributed by atoms with Gasteiger partial charge in [0.25, 0.3) is 5.91 Å². The van der Waals surface area contributed by atoms with E-state index in [0.717, 1.165) is 12.5 Å². The number of amides is 3. The molecule has 1 heterocycles. The summed E-state index contributed by atoms with van der Waals surface area (Å²) in [5.74, 6) is -0.281. The SMILES string of the molecule is O=C(NCC(=O)N1CCN(C(=O)CCC2CCCC2)CC1)c1cccc(F)c1. The van der Waals surface area contributed by atoms with Crippen LogP contribution in [0.25, 0.3) is 0 Å². The Labute approximate surface area is 165 Å². The highest BCUT2D eigenvalue weighted by Crippen LogP contribution is 2.28. The van der Waals surface area contributed by atoms with Crippen molar-refractivity contribution in [1.82, 2.24) is 15.1 Å². The number of halogens is 1. The van der Waals surface area contributed by atoms with Crippen LogP contribution in [-0.2, 0) is 9.59 Å². The van der Waals surface area contributed by atoms with Crippen LogP contribution in [0, 0.1) is 11.7 Å². The number of piperazine rings is 1. The molecule has 0 atom stereocenters. The summed E-state index contributed by atoms with van der Waals surface area (Å²) in [6.07, 6.45) is 6.64. The molecule has 3 amide bonds. The lowest BCUT2D eigenvalue weighted by molar-refractivity contribution is -0.139. The Morgan fingerprint density at radius 3 is 2.29 bits per heavy atom. The van der Waals surface area contributed by atoms with Gasteiger partial charge in [0.2, 0.25) is 11.8 Å². The van der Waals surface area contributed by atoms with Crippen molar-refractivity contribution in [3.63, 3.8) is 0 Å². The summed E-state index contributed by atoms with van der Waals surface area (Å²) >= 11 is 0. The Morgan fingerprint density at radius 2 is 1.64 bits per heavy atom. The van der Waals surface area contributed by atoms with Crippen LogP contribution in [-0.4, -0.2) is 60.2 Å². The van der Waals surface area contributed by atoms with Gasteiger partial charge < -0.3 is 15.1 Å². The Kier molecular flexibility index (Phi) is 7.01. The molecule has 1 saturated heterocycles. The third kappa shape index (κ3) is 5.53. The minimum Gasteiger partial charge on any atom is -0.343 e. The quantitative estimate of drug-likeness (QED) is 0.811. The molecule has 1 N–H and O–H groups in total. The lowest BCUT2D eigenvalue weighted by Crippen LogP contribution is -2.52. The molecule has 0 bridgehead atoms. The summed E-state index contributed by atoms with van der Waals surface area (Å²) in [5.41, 5.74) is 0.186. The molecule has 2 aliphatic rings. The molecule has 0 spiro atoms. The molecular formula is C21H28FN3O3. The van der Waals surface area contributed by atoms with Crippen molar-refractivity contribution in [3.05, 3.63) is 35.6 Å². The Hall–Kier alpha value is -2.44. The number of nitrogens with one attached hydrogen (secondary N) is 1. The van der Waals surface area contributed by atoms with Gasteiger partial charge in [-0.15, -0.1) is 0 Å². The second-order valence-corrected chi connectivity index (χ2v) is 7.64. The lowest BCUT2D eigenvalue weighted by Gasteiger charge is -2.35. The highest BCUT2D eigenvalue weighted by molar-refractivity contribution is 5.96. The highest BCUT2D eigenvalue weighted by Gasteiger charge is 2.25. The van der Waals surface area contributed by atoms with E-state index in [4.69, 9.17) is 0 Å². The maximum absolute atomic E-state index is 13.2. The average molecular weight is 389 g/mol. The molecule has 0 aromatic heterocycles. The minimum absolute atomic E-state index is 0.134. The molecule has 28 heavy (non-hydrogen) atoms. The zero-order valence-corrected chi connectivity index (χ0v) is 16.2. The summed E-state index contributed by atoms with van der Waals surface area (Å²) in [6.45, 7) is 1.89. The topological polar surface area (TPSA) is 69.7 Å². The number of benzene rings is 1. The van der Waals surface area contributed by atoms with Gasteiger partial charge in [-0.3, -0.25) is 14.4 Å². The molecule has 1 aliphatic heterocycles. The van der Waals surface area contributed by atoms with Gasteiger partial charge in [0, 0.05) is 38.2 Å². The zero-order chi connectivity index (χ0) is 19.9. The molecule has 6 nitrogen and oxygen atoms in total. The second-order valence-electron chi connectivity index (χ2n) is 7.64. The summed E-state index contributed by atoms with van der Waals surface area (Å²) in [7, 11) is 0. The lowest BCUT2D eigenvalue weighted by atomic mass is 10.0. The zero-order valence-electron chi connectivity index (χ0n) is 16.2. The number of carbonyl (C=O) groups excluding carboxylic acids is 3. The van der Waals surface area contributed by atoms with Crippen molar-refractivity contribution in [2.24, 2.45) is 5.92 Å². The first kappa shape index (κ1) is 20.3. The van der Waals surface area contributed by atoms with E-state index in [1.165, 1.54) is 43.9 Å². The van der Waals surface area contributed by atoms with Crippen LogP contribution >= 0.6 is 0 Å². The molecule has 3 rings (SSSR count). The minimum atomic E-state index is -0.493. The normalized spacial score (nSPS) is 17.6. The fourth-order valence-corrected chi connectivity index (χ4v) is 3.99. The Balaban J connectivity index is 1.37. The van der Waals surface area contributed by atoms with Crippen molar-refractivity contribution < 1.29 is 18.8 Å². The van der Waals surface area contributed by atoms with E-state index in [1.54, 1.807) is 4.90 Å². The molecule has 0 radical (unpaired) electrons. The first-order valence-corrected chi connectivity index (χ1v) is 10.1.